The number of carbonyl (C=O) groups excluding carboxylic acids is 2. The quantitative estimate of drug-likeness (QED) is 0.120. The first-order chi connectivity index (χ1) is 18.9. The molecule has 0 bridgehead atoms. The highest BCUT2D eigenvalue weighted by Gasteiger charge is 2.19. The number of carbonyl (C=O) groups is 3. The smallest absolute Gasteiger partial charge is 0.335 e. The van der Waals surface area contributed by atoms with Crippen molar-refractivity contribution in [2.24, 2.45) is 5.92 Å². The van der Waals surface area contributed by atoms with Crippen molar-refractivity contribution in [3.63, 3.8) is 0 Å². The van der Waals surface area contributed by atoms with Gasteiger partial charge in [0, 0.05) is 12.1 Å². The maximum atomic E-state index is 12.8. The summed E-state index contributed by atoms with van der Waals surface area (Å²) in [6.07, 6.45) is 3.66. The number of rotatable bonds is 16. The minimum absolute atomic E-state index is 0.0226. The van der Waals surface area contributed by atoms with Gasteiger partial charge in [0.25, 0.3) is 5.91 Å². The van der Waals surface area contributed by atoms with Gasteiger partial charge >= 0.3 is 5.97 Å². The molecule has 10 nitrogen and oxygen atoms in total. The molecule has 0 spiro atoms. The van der Waals surface area contributed by atoms with E-state index in [2.05, 4.69) is 23.0 Å². The zero-order chi connectivity index (χ0) is 28.0. The van der Waals surface area contributed by atoms with Gasteiger partial charge in [0.15, 0.2) is 5.76 Å². The number of carboxylic acid groups (broad SMARTS) is 1. The summed E-state index contributed by atoms with van der Waals surface area (Å²) in [5.41, 5.74) is 4.40. The highest BCUT2D eigenvalue weighted by atomic mass is 16.6. The van der Waals surface area contributed by atoms with Crippen LogP contribution >= 0.6 is 0 Å². The Morgan fingerprint density at radius 1 is 1.00 bits per heavy atom. The number of hydrogen-bond donors (Lipinski definition) is 4. The molecule has 0 saturated heterocycles. The van der Waals surface area contributed by atoms with Gasteiger partial charge < -0.3 is 24.9 Å². The average molecular weight is 538 g/mol. The van der Waals surface area contributed by atoms with E-state index in [1.165, 1.54) is 25.3 Å². The van der Waals surface area contributed by atoms with Crippen LogP contribution in [0, 0.1) is 5.92 Å². The molecule has 0 aliphatic rings. The molecule has 208 valence electrons. The lowest BCUT2D eigenvalue weighted by Crippen LogP contribution is -2.42. The Morgan fingerprint density at radius 2 is 1.79 bits per heavy atom. The maximum absolute atomic E-state index is 12.8. The molecule has 3 rings (SSSR count). The molecular formula is C29H35N3O7. The van der Waals surface area contributed by atoms with Gasteiger partial charge in [0.05, 0.1) is 31.9 Å². The van der Waals surface area contributed by atoms with Gasteiger partial charge in [0.2, 0.25) is 5.91 Å². The van der Waals surface area contributed by atoms with Crippen molar-refractivity contribution in [2.75, 3.05) is 20.3 Å². The fourth-order valence-corrected chi connectivity index (χ4v) is 3.88. The molecule has 39 heavy (non-hydrogen) atoms. The van der Waals surface area contributed by atoms with E-state index < -0.39 is 11.9 Å². The zero-order valence-corrected chi connectivity index (χ0v) is 22.2. The molecule has 4 N–H and O–H groups in total. The minimum Gasteiger partial charge on any atom is -0.497 e. The van der Waals surface area contributed by atoms with Crippen molar-refractivity contribution < 1.29 is 33.5 Å². The lowest BCUT2D eigenvalue weighted by Gasteiger charge is -2.17. The SMILES string of the molecule is CCCCCC(CNOCc1ccccc1)C(=O)NCNC(=O)c1ccc(-c2cc(OC)cc(C(=O)O)c2)o1. The number of aromatic carboxylic acids is 1. The summed E-state index contributed by atoms with van der Waals surface area (Å²) in [4.78, 5) is 42.3. The van der Waals surface area contributed by atoms with Gasteiger partial charge in [-0.15, -0.1) is 0 Å². The molecule has 10 heteroatoms. The number of methoxy groups -OCH3 is 1. The van der Waals surface area contributed by atoms with Crippen LogP contribution in [0.15, 0.2) is 65.1 Å². The second-order valence-electron chi connectivity index (χ2n) is 8.96. The summed E-state index contributed by atoms with van der Waals surface area (Å²) < 4.78 is 10.8. The molecule has 0 fully saturated rings. The minimum atomic E-state index is -1.11. The lowest BCUT2D eigenvalue weighted by molar-refractivity contribution is -0.126. The summed E-state index contributed by atoms with van der Waals surface area (Å²) in [5.74, 6) is -1.46. The van der Waals surface area contributed by atoms with E-state index in [0.29, 0.717) is 36.6 Å². The molecule has 1 heterocycles. The largest absolute Gasteiger partial charge is 0.497 e. The van der Waals surface area contributed by atoms with Crippen LogP contribution in [0.5, 0.6) is 5.75 Å². The number of hydrogen-bond acceptors (Lipinski definition) is 7. The zero-order valence-electron chi connectivity index (χ0n) is 22.2. The molecule has 1 aromatic heterocycles. The average Bonchev–Trinajstić information content (AvgIpc) is 3.45. The molecule has 1 unspecified atom stereocenters. The van der Waals surface area contributed by atoms with Crippen molar-refractivity contribution in [2.45, 2.75) is 39.2 Å². The van der Waals surface area contributed by atoms with E-state index in [4.69, 9.17) is 14.0 Å². The Bertz CT molecular complexity index is 1230. The molecule has 0 aliphatic carbocycles. The Labute approximate surface area is 227 Å². The van der Waals surface area contributed by atoms with Crippen LogP contribution < -0.4 is 20.9 Å². The highest BCUT2D eigenvalue weighted by Crippen LogP contribution is 2.28. The molecular weight excluding hydrogens is 502 g/mol. The van der Waals surface area contributed by atoms with Crippen LogP contribution in [0.3, 0.4) is 0 Å². The number of hydroxylamine groups is 1. The van der Waals surface area contributed by atoms with Crippen molar-refractivity contribution in [3.05, 3.63) is 77.6 Å². The number of benzene rings is 2. The third kappa shape index (κ3) is 9.27. The van der Waals surface area contributed by atoms with Crippen LogP contribution in [0.1, 0.15) is 59.1 Å². The summed E-state index contributed by atoms with van der Waals surface area (Å²) >= 11 is 0. The second kappa shape index (κ2) is 15.3. The van der Waals surface area contributed by atoms with Crippen molar-refractivity contribution in [3.8, 4) is 17.1 Å². The maximum Gasteiger partial charge on any atom is 0.335 e. The lowest BCUT2D eigenvalue weighted by atomic mass is 10.0. The number of nitrogens with one attached hydrogen (secondary N) is 3. The van der Waals surface area contributed by atoms with Gasteiger partial charge in [0.1, 0.15) is 11.5 Å². The van der Waals surface area contributed by atoms with E-state index in [-0.39, 0.29) is 29.8 Å². The monoisotopic (exact) mass is 537 g/mol. The van der Waals surface area contributed by atoms with Crippen LogP contribution in [-0.4, -0.2) is 43.2 Å². The predicted molar refractivity (Wildman–Crippen MR) is 145 cm³/mol. The van der Waals surface area contributed by atoms with Crippen molar-refractivity contribution >= 4 is 17.8 Å². The summed E-state index contributed by atoms with van der Waals surface area (Å²) in [5, 5.41) is 14.7. The highest BCUT2D eigenvalue weighted by molar-refractivity contribution is 5.93. The van der Waals surface area contributed by atoms with E-state index in [1.54, 1.807) is 12.1 Å². The van der Waals surface area contributed by atoms with Gasteiger partial charge in [-0.1, -0.05) is 56.5 Å². The van der Waals surface area contributed by atoms with E-state index in [9.17, 15) is 19.5 Å². The number of amides is 2. The first-order valence-corrected chi connectivity index (χ1v) is 12.9. The number of furan rings is 1. The van der Waals surface area contributed by atoms with E-state index in [1.807, 2.05) is 30.3 Å². The predicted octanol–water partition coefficient (Wildman–Crippen LogP) is 4.37. The van der Waals surface area contributed by atoms with Crippen LogP contribution in [0.4, 0.5) is 0 Å². The fourth-order valence-electron chi connectivity index (χ4n) is 3.88. The Morgan fingerprint density at radius 3 is 2.51 bits per heavy atom. The van der Waals surface area contributed by atoms with Crippen LogP contribution in [0.2, 0.25) is 0 Å². The molecule has 3 aromatic rings. The first kappa shape index (κ1) is 29.4. The molecule has 2 amide bonds. The Kier molecular flexibility index (Phi) is 11.5. The van der Waals surface area contributed by atoms with Crippen molar-refractivity contribution in [1.29, 1.82) is 0 Å². The number of carboxylic acids is 1. The van der Waals surface area contributed by atoms with Gasteiger partial charge in [-0.2, -0.15) is 0 Å². The van der Waals surface area contributed by atoms with Crippen molar-refractivity contribution in [1.82, 2.24) is 16.1 Å². The summed E-state index contributed by atoms with van der Waals surface area (Å²) in [6.45, 7) is 2.76. The normalized spacial score (nSPS) is 11.5. The topological polar surface area (TPSA) is 139 Å². The third-order valence-corrected chi connectivity index (χ3v) is 6.06. The standard InChI is InChI=1S/C29H35N3O7/c1-3-4-6-11-21(17-32-38-18-20-9-7-5-8-10-20)27(33)30-19-31-28(34)26-13-12-25(39-26)22-14-23(29(35)36)16-24(15-22)37-2/h5,7-10,12-16,21,32H,3-4,6,11,17-19H2,1-2H3,(H,30,33)(H,31,34)(H,35,36). The Hall–Kier alpha value is -4.15. The summed E-state index contributed by atoms with van der Waals surface area (Å²) in [7, 11) is 1.43. The van der Waals surface area contributed by atoms with Gasteiger partial charge in [-0.25, -0.2) is 10.3 Å². The molecule has 1 atom stereocenters. The van der Waals surface area contributed by atoms with Crippen LogP contribution in [0.25, 0.3) is 11.3 Å². The third-order valence-electron chi connectivity index (χ3n) is 6.06. The van der Waals surface area contributed by atoms with E-state index >= 15 is 0 Å². The molecule has 0 radical (unpaired) electrons. The Balaban J connectivity index is 1.51. The first-order valence-electron chi connectivity index (χ1n) is 12.9. The molecule has 2 aromatic carbocycles. The number of ether oxygens (including phenoxy) is 1. The fraction of sp³-hybridized carbons (Fsp3) is 0.345. The number of unbranched alkanes of at least 4 members (excludes halogenated alkanes) is 2. The molecule has 0 saturated carbocycles. The van der Waals surface area contributed by atoms with Crippen LogP contribution in [-0.2, 0) is 16.2 Å². The second-order valence-corrected chi connectivity index (χ2v) is 8.96. The molecule has 0 aliphatic heterocycles. The van der Waals surface area contributed by atoms with E-state index in [0.717, 1.165) is 24.8 Å². The van der Waals surface area contributed by atoms with Gasteiger partial charge in [-0.3, -0.25) is 14.4 Å². The summed E-state index contributed by atoms with van der Waals surface area (Å²) in [6, 6.07) is 17.2. The van der Waals surface area contributed by atoms with Gasteiger partial charge in [-0.05, 0) is 42.3 Å².